The van der Waals surface area contributed by atoms with Gasteiger partial charge in [-0.25, -0.2) is 9.48 Å². The lowest BCUT2D eigenvalue weighted by molar-refractivity contribution is 0.0690. The van der Waals surface area contributed by atoms with Crippen molar-refractivity contribution in [3.8, 4) is 0 Å². The van der Waals surface area contributed by atoms with Gasteiger partial charge in [-0.2, -0.15) is 0 Å². The van der Waals surface area contributed by atoms with E-state index in [1.807, 2.05) is 19.2 Å². The average Bonchev–Trinajstić information content (AvgIpc) is 2.85. The van der Waals surface area contributed by atoms with Crippen LogP contribution in [0.2, 0.25) is 0 Å². The molecule has 0 atom stereocenters. The second-order valence-corrected chi connectivity index (χ2v) is 5.06. The highest BCUT2D eigenvalue weighted by Gasteiger charge is 2.29. The molecular formula is C13H15N5O2. The van der Waals surface area contributed by atoms with Crippen LogP contribution in [0.4, 0.5) is 0 Å². The van der Waals surface area contributed by atoms with E-state index in [1.165, 1.54) is 6.20 Å². The van der Waals surface area contributed by atoms with Crippen LogP contribution < -0.4 is 0 Å². The first-order valence-corrected chi connectivity index (χ1v) is 6.41. The largest absolute Gasteiger partial charge is 0.476 e. The van der Waals surface area contributed by atoms with E-state index in [0.29, 0.717) is 0 Å². The zero-order valence-electron chi connectivity index (χ0n) is 11.1. The topological polar surface area (TPSA) is 84.1 Å². The molecule has 0 saturated carbocycles. The summed E-state index contributed by atoms with van der Waals surface area (Å²) in [5.74, 6) is -1.05. The summed E-state index contributed by atoms with van der Waals surface area (Å²) in [7, 11) is 0. The standard InChI is InChI=1S/C13H15N5O2/c1-9-2-3-10(14-4-9)5-17-6-11(7-17)18-8-12(13(19)20)15-16-18/h2-4,8,11H,5-7H2,1H3,(H,19,20). The Kier molecular flexibility index (Phi) is 3.19. The number of carboxylic acid groups (broad SMARTS) is 1. The molecule has 2 aromatic rings. The molecule has 0 aromatic carbocycles. The number of rotatable bonds is 4. The van der Waals surface area contributed by atoms with Crippen molar-refractivity contribution in [2.45, 2.75) is 19.5 Å². The van der Waals surface area contributed by atoms with E-state index in [4.69, 9.17) is 5.11 Å². The van der Waals surface area contributed by atoms with Crippen molar-refractivity contribution < 1.29 is 9.90 Å². The minimum atomic E-state index is -1.05. The van der Waals surface area contributed by atoms with Crippen molar-refractivity contribution in [3.63, 3.8) is 0 Å². The Morgan fingerprint density at radius 3 is 2.85 bits per heavy atom. The zero-order chi connectivity index (χ0) is 14.1. The molecule has 1 aliphatic heterocycles. The molecule has 104 valence electrons. The van der Waals surface area contributed by atoms with E-state index in [-0.39, 0.29) is 11.7 Å². The number of likely N-dealkylation sites (tertiary alicyclic amines) is 1. The van der Waals surface area contributed by atoms with Gasteiger partial charge in [0.25, 0.3) is 0 Å². The molecular weight excluding hydrogens is 258 g/mol. The third-order valence-corrected chi connectivity index (χ3v) is 3.40. The minimum absolute atomic E-state index is 0.0105. The Balaban J connectivity index is 1.55. The lowest BCUT2D eigenvalue weighted by Gasteiger charge is -2.38. The first-order valence-electron chi connectivity index (χ1n) is 6.41. The second-order valence-electron chi connectivity index (χ2n) is 5.06. The Labute approximate surface area is 115 Å². The Morgan fingerprint density at radius 2 is 2.25 bits per heavy atom. The zero-order valence-corrected chi connectivity index (χ0v) is 11.1. The maximum Gasteiger partial charge on any atom is 0.358 e. The van der Waals surface area contributed by atoms with Gasteiger partial charge in [0.05, 0.1) is 17.9 Å². The molecule has 3 rings (SSSR count). The normalized spacial score (nSPS) is 16.1. The number of pyridine rings is 1. The van der Waals surface area contributed by atoms with Crippen LogP contribution in [-0.2, 0) is 6.54 Å². The number of carbonyl (C=O) groups is 1. The number of aryl methyl sites for hydroxylation is 1. The summed E-state index contributed by atoms with van der Waals surface area (Å²) in [6.07, 6.45) is 3.34. The molecule has 1 saturated heterocycles. The van der Waals surface area contributed by atoms with Crippen LogP contribution in [0.5, 0.6) is 0 Å². The summed E-state index contributed by atoms with van der Waals surface area (Å²) in [6.45, 7) is 4.48. The van der Waals surface area contributed by atoms with Gasteiger partial charge in [-0.3, -0.25) is 9.88 Å². The third-order valence-electron chi connectivity index (χ3n) is 3.40. The van der Waals surface area contributed by atoms with Gasteiger partial charge >= 0.3 is 5.97 Å². The van der Waals surface area contributed by atoms with E-state index in [2.05, 4.69) is 26.3 Å². The number of carboxylic acids is 1. The fourth-order valence-electron chi connectivity index (χ4n) is 2.21. The highest BCUT2D eigenvalue weighted by molar-refractivity contribution is 5.84. The van der Waals surface area contributed by atoms with E-state index in [9.17, 15) is 4.79 Å². The molecule has 1 N–H and O–H groups in total. The predicted octanol–water partition coefficient (Wildman–Crippen LogP) is 0.737. The molecule has 20 heavy (non-hydrogen) atoms. The van der Waals surface area contributed by atoms with Crippen molar-refractivity contribution >= 4 is 5.97 Å². The highest BCUT2D eigenvalue weighted by Crippen LogP contribution is 2.22. The summed E-state index contributed by atoms with van der Waals surface area (Å²) in [5, 5.41) is 16.3. The van der Waals surface area contributed by atoms with Gasteiger partial charge in [0.1, 0.15) is 0 Å². The number of nitrogens with zero attached hydrogens (tertiary/aromatic N) is 5. The van der Waals surface area contributed by atoms with Crippen molar-refractivity contribution in [2.24, 2.45) is 0 Å². The molecule has 3 heterocycles. The van der Waals surface area contributed by atoms with Crippen molar-refractivity contribution in [1.82, 2.24) is 24.9 Å². The number of hydrogen-bond donors (Lipinski definition) is 1. The molecule has 0 bridgehead atoms. The van der Waals surface area contributed by atoms with Gasteiger partial charge in [-0.1, -0.05) is 11.3 Å². The number of aromatic carboxylic acids is 1. The fraction of sp³-hybridized carbons (Fsp3) is 0.385. The Morgan fingerprint density at radius 1 is 1.45 bits per heavy atom. The third kappa shape index (κ3) is 2.53. The first-order chi connectivity index (χ1) is 9.61. The monoisotopic (exact) mass is 273 g/mol. The molecule has 0 amide bonds. The van der Waals surface area contributed by atoms with Crippen LogP contribution in [-0.4, -0.2) is 49.0 Å². The fourth-order valence-corrected chi connectivity index (χ4v) is 2.21. The van der Waals surface area contributed by atoms with Gasteiger partial charge in [0, 0.05) is 25.8 Å². The summed E-state index contributed by atoms with van der Waals surface area (Å²) in [6, 6.07) is 4.28. The summed E-state index contributed by atoms with van der Waals surface area (Å²) < 4.78 is 1.63. The van der Waals surface area contributed by atoms with Gasteiger partial charge in [0.2, 0.25) is 0 Å². The Hall–Kier alpha value is -2.28. The van der Waals surface area contributed by atoms with E-state index >= 15 is 0 Å². The number of hydrogen-bond acceptors (Lipinski definition) is 5. The first kappa shape index (κ1) is 12.7. The number of aromatic nitrogens is 4. The van der Waals surface area contributed by atoms with Gasteiger partial charge in [-0.15, -0.1) is 5.10 Å². The lowest BCUT2D eigenvalue weighted by atomic mass is 10.1. The van der Waals surface area contributed by atoms with Crippen LogP contribution in [0.3, 0.4) is 0 Å². The second kappa shape index (κ2) is 5.01. The van der Waals surface area contributed by atoms with Crippen molar-refractivity contribution in [3.05, 3.63) is 41.5 Å². The molecule has 0 spiro atoms. The molecule has 1 aliphatic rings. The van der Waals surface area contributed by atoms with Gasteiger partial charge in [-0.05, 0) is 18.6 Å². The van der Waals surface area contributed by atoms with Crippen LogP contribution in [0.15, 0.2) is 24.5 Å². The Bertz CT molecular complexity index is 616. The SMILES string of the molecule is Cc1ccc(CN2CC(n3cc(C(=O)O)nn3)C2)nc1. The van der Waals surface area contributed by atoms with Crippen molar-refractivity contribution in [2.75, 3.05) is 13.1 Å². The molecule has 7 heteroatoms. The molecule has 0 unspecified atom stereocenters. The summed E-state index contributed by atoms with van der Waals surface area (Å²) in [4.78, 5) is 17.4. The minimum Gasteiger partial charge on any atom is -0.476 e. The maximum atomic E-state index is 10.7. The highest BCUT2D eigenvalue weighted by atomic mass is 16.4. The van der Waals surface area contributed by atoms with E-state index < -0.39 is 5.97 Å². The van der Waals surface area contributed by atoms with E-state index in [0.717, 1.165) is 30.9 Å². The van der Waals surface area contributed by atoms with Crippen LogP contribution in [0.1, 0.15) is 27.8 Å². The van der Waals surface area contributed by atoms with Crippen LogP contribution in [0.25, 0.3) is 0 Å². The van der Waals surface area contributed by atoms with Gasteiger partial charge in [0.15, 0.2) is 5.69 Å². The molecule has 0 radical (unpaired) electrons. The molecule has 0 aliphatic carbocycles. The molecule has 2 aromatic heterocycles. The summed E-state index contributed by atoms with van der Waals surface area (Å²) >= 11 is 0. The lowest BCUT2D eigenvalue weighted by Crippen LogP contribution is -2.47. The van der Waals surface area contributed by atoms with Gasteiger partial charge < -0.3 is 5.11 Å². The van der Waals surface area contributed by atoms with Crippen molar-refractivity contribution in [1.29, 1.82) is 0 Å². The van der Waals surface area contributed by atoms with Crippen LogP contribution in [0, 0.1) is 6.92 Å². The maximum absolute atomic E-state index is 10.7. The predicted molar refractivity (Wildman–Crippen MR) is 70.3 cm³/mol. The van der Waals surface area contributed by atoms with Crippen LogP contribution >= 0.6 is 0 Å². The average molecular weight is 273 g/mol. The molecule has 7 nitrogen and oxygen atoms in total. The molecule has 1 fully saturated rings. The van der Waals surface area contributed by atoms with E-state index in [1.54, 1.807) is 4.68 Å². The quantitative estimate of drug-likeness (QED) is 0.884. The smallest absolute Gasteiger partial charge is 0.358 e. The summed E-state index contributed by atoms with van der Waals surface area (Å²) in [5.41, 5.74) is 2.18.